The van der Waals surface area contributed by atoms with Gasteiger partial charge in [-0.3, -0.25) is 4.57 Å². The molecule has 1 N–H and O–H groups in total. The maximum Gasteiger partial charge on any atom is 0.166 e. The number of benzene rings is 2. The monoisotopic (exact) mass is 360 g/mol. The number of quaternary nitrogens is 1. The Hall–Kier alpha value is -1.76. The number of rotatable bonds is 3. The lowest BCUT2D eigenvalue weighted by Gasteiger charge is -2.33. The molecule has 6 heteroatoms. The lowest BCUT2D eigenvalue weighted by atomic mass is 10.2. The number of piperazine rings is 1. The summed E-state index contributed by atoms with van der Waals surface area (Å²) in [7, 11) is 0. The zero-order valence-corrected chi connectivity index (χ0v) is 14.9. The Labute approximate surface area is 149 Å². The summed E-state index contributed by atoms with van der Waals surface area (Å²) < 4.78 is 17.5. The lowest BCUT2D eigenvalue weighted by Crippen LogP contribution is -3.14. The summed E-state index contributed by atoms with van der Waals surface area (Å²) >= 11 is 7.24. The number of anilines is 1. The largest absolute Gasteiger partial charge is 0.360 e. The van der Waals surface area contributed by atoms with Gasteiger partial charge in [0.25, 0.3) is 0 Å². The van der Waals surface area contributed by atoms with Gasteiger partial charge in [-0.15, -0.1) is 11.3 Å². The predicted octanol–water partition coefficient (Wildman–Crippen LogP) is 2.93. The molecule has 0 saturated carbocycles. The smallest absolute Gasteiger partial charge is 0.166 e. The molecule has 1 fully saturated rings. The van der Waals surface area contributed by atoms with E-state index in [-0.39, 0.29) is 5.82 Å². The number of hydrogen-bond acceptors (Lipinski definition) is 3. The Morgan fingerprint density at radius 1 is 1.04 bits per heavy atom. The van der Waals surface area contributed by atoms with E-state index in [0.717, 1.165) is 42.5 Å². The van der Waals surface area contributed by atoms with Crippen molar-refractivity contribution in [1.29, 1.82) is 0 Å². The van der Waals surface area contributed by atoms with E-state index >= 15 is 0 Å². The average molecular weight is 361 g/mol. The number of thiazole rings is 1. The molecule has 0 aliphatic carbocycles. The molecule has 0 bridgehead atoms. The molecule has 0 atom stereocenters. The topological polar surface area (TPSA) is 12.6 Å². The van der Waals surface area contributed by atoms with E-state index in [1.165, 1.54) is 27.2 Å². The molecular formula is C18H19FN3S2+. The van der Waals surface area contributed by atoms with Crippen LogP contribution in [0.4, 0.5) is 10.1 Å². The lowest BCUT2D eigenvalue weighted by molar-refractivity contribution is -0.923. The Morgan fingerprint density at radius 3 is 2.50 bits per heavy atom. The number of fused-ring (bicyclic) bond motifs is 1. The van der Waals surface area contributed by atoms with Gasteiger partial charge in [-0.2, -0.15) is 0 Å². The van der Waals surface area contributed by atoms with E-state index in [4.69, 9.17) is 12.2 Å². The highest BCUT2D eigenvalue weighted by molar-refractivity contribution is 7.73. The molecule has 1 aliphatic heterocycles. The minimum Gasteiger partial charge on any atom is -0.360 e. The first-order valence-corrected chi connectivity index (χ1v) is 9.35. The number of hydrogen-bond donors (Lipinski definition) is 1. The van der Waals surface area contributed by atoms with Gasteiger partial charge in [0.2, 0.25) is 0 Å². The minimum absolute atomic E-state index is 0.179. The van der Waals surface area contributed by atoms with E-state index in [9.17, 15) is 4.39 Å². The molecule has 1 aliphatic rings. The molecule has 3 aromatic rings. The number of nitrogens with one attached hydrogen (secondary N) is 1. The first kappa shape index (κ1) is 15.7. The van der Waals surface area contributed by atoms with Crippen LogP contribution in [0.2, 0.25) is 0 Å². The first-order chi connectivity index (χ1) is 11.7. The van der Waals surface area contributed by atoms with Crippen LogP contribution in [0, 0.1) is 9.77 Å². The van der Waals surface area contributed by atoms with Crippen molar-refractivity contribution in [2.24, 2.45) is 0 Å². The summed E-state index contributed by atoms with van der Waals surface area (Å²) in [5.41, 5.74) is 2.34. The molecule has 1 saturated heterocycles. The predicted molar refractivity (Wildman–Crippen MR) is 100.0 cm³/mol. The molecule has 2 aromatic carbocycles. The highest BCUT2D eigenvalue weighted by Gasteiger charge is 2.21. The number of aromatic nitrogens is 1. The number of halogens is 1. The van der Waals surface area contributed by atoms with Crippen molar-refractivity contribution < 1.29 is 9.29 Å². The van der Waals surface area contributed by atoms with Gasteiger partial charge >= 0.3 is 0 Å². The second kappa shape index (κ2) is 6.63. The highest BCUT2D eigenvalue weighted by atomic mass is 32.1. The second-order valence-corrected chi connectivity index (χ2v) is 7.81. The normalized spacial score (nSPS) is 16.0. The number of nitrogens with zero attached hydrogens (tertiary/aromatic N) is 2. The summed E-state index contributed by atoms with van der Waals surface area (Å²) in [6.45, 7) is 5.00. The molecule has 4 rings (SSSR count). The Morgan fingerprint density at radius 2 is 1.75 bits per heavy atom. The van der Waals surface area contributed by atoms with Crippen LogP contribution in [0.25, 0.3) is 10.2 Å². The van der Waals surface area contributed by atoms with Crippen LogP contribution in [0.3, 0.4) is 0 Å². The second-order valence-electron chi connectivity index (χ2n) is 6.14. The standard InChI is InChI=1S/C18H18FN3S2/c19-14-5-7-15(8-6-14)21-11-9-20(10-12-21)13-22-16-3-1-2-4-17(16)24-18(22)23/h1-8H,9-13H2/p+1. The van der Waals surface area contributed by atoms with Crippen LogP contribution in [-0.2, 0) is 6.67 Å². The van der Waals surface area contributed by atoms with Gasteiger partial charge in [-0.05, 0) is 48.6 Å². The summed E-state index contributed by atoms with van der Waals surface area (Å²) in [6.07, 6.45) is 0. The van der Waals surface area contributed by atoms with Crippen LogP contribution < -0.4 is 9.80 Å². The van der Waals surface area contributed by atoms with Gasteiger partial charge in [0.1, 0.15) is 5.82 Å². The van der Waals surface area contributed by atoms with E-state index in [1.807, 2.05) is 12.1 Å². The third-order valence-corrected chi connectivity index (χ3v) is 6.05. The Balaban J connectivity index is 1.45. The minimum atomic E-state index is -0.179. The third kappa shape index (κ3) is 3.09. The third-order valence-electron chi connectivity index (χ3n) is 4.62. The van der Waals surface area contributed by atoms with Crippen molar-refractivity contribution in [1.82, 2.24) is 4.57 Å². The zero-order valence-electron chi connectivity index (χ0n) is 13.2. The summed E-state index contributed by atoms with van der Waals surface area (Å²) in [5.74, 6) is -0.179. The molecule has 0 amide bonds. The SMILES string of the molecule is Fc1ccc(N2CC[NH+](Cn3c(=S)sc4ccccc43)CC2)cc1. The van der Waals surface area contributed by atoms with Crippen molar-refractivity contribution in [2.45, 2.75) is 6.67 Å². The quantitative estimate of drug-likeness (QED) is 0.721. The van der Waals surface area contributed by atoms with Gasteiger partial charge in [0.15, 0.2) is 10.6 Å². The van der Waals surface area contributed by atoms with Crippen molar-refractivity contribution in [3.05, 3.63) is 58.3 Å². The molecule has 2 heterocycles. The molecular weight excluding hydrogens is 341 g/mol. The summed E-state index contributed by atoms with van der Waals surface area (Å²) in [4.78, 5) is 3.86. The van der Waals surface area contributed by atoms with Gasteiger partial charge in [0.05, 0.1) is 36.4 Å². The Kier molecular flexibility index (Phi) is 4.35. The van der Waals surface area contributed by atoms with Crippen LogP contribution in [-0.4, -0.2) is 30.7 Å². The molecule has 0 unspecified atom stereocenters. The molecule has 124 valence electrons. The fraction of sp³-hybridized carbons (Fsp3) is 0.278. The maximum atomic E-state index is 13.1. The molecule has 0 spiro atoms. The van der Waals surface area contributed by atoms with E-state index in [2.05, 4.69) is 33.7 Å². The fourth-order valence-corrected chi connectivity index (χ4v) is 4.60. The van der Waals surface area contributed by atoms with Gasteiger partial charge in [-0.1, -0.05) is 12.1 Å². The average Bonchev–Trinajstić information content (AvgIpc) is 2.92. The van der Waals surface area contributed by atoms with Crippen LogP contribution in [0.1, 0.15) is 0 Å². The van der Waals surface area contributed by atoms with Gasteiger partial charge in [0, 0.05) is 5.69 Å². The summed E-state index contributed by atoms with van der Waals surface area (Å²) in [6, 6.07) is 15.2. The molecule has 0 radical (unpaired) electrons. The fourth-order valence-electron chi connectivity index (χ4n) is 3.28. The van der Waals surface area contributed by atoms with Crippen LogP contribution >= 0.6 is 23.6 Å². The van der Waals surface area contributed by atoms with Gasteiger partial charge in [-0.25, -0.2) is 4.39 Å². The van der Waals surface area contributed by atoms with E-state index in [1.54, 1.807) is 11.3 Å². The van der Waals surface area contributed by atoms with Crippen molar-refractivity contribution in [3.63, 3.8) is 0 Å². The molecule has 24 heavy (non-hydrogen) atoms. The molecule has 1 aromatic heterocycles. The highest BCUT2D eigenvalue weighted by Crippen LogP contribution is 2.22. The number of para-hydroxylation sites is 1. The molecule has 3 nitrogen and oxygen atoms in total. The zero-order chi connectivity index (χ0) is 16.5. The van der Waals surface area contributed by atoms with E-state index in [0.29, 0.717) is 0 Å². The van der Waals surface area contributed by atoms with Crippen molar-refractivity contribution in [2.75, 3.05) is 31.1 Å². The first-order valence-electron chi connectivity index (χ1n) is 8.13. The summed E-state index contributed by atoms with van der Waals surface area (Å²) in [5, 5.41) is 0. The van der Waals surface area contributed by atoms with Crippen LogP contribution in [0.5, 0.6) is 0 Å². The van der Waals surface area contributed by atoms with E-state index < -0.39 is 0 Å². The van der Waals surface area contributed by atoms with Crippen molar-refractivity contribution >= 4 is 39.5 Å². The Bertz CT molecular complexity index is 893. The van der Waals surface area contributed by atoms with Crippen molar-refractivity contribution in [3.8, 4) is 0 Å². The van der Waals surface area contributed by atoms with Crippen LogP contribution in [0.15, 0.2) is 48.5 Å². The maximum absolute atomic E-state index is 13.1. The van der Waals surface area contributed by atoms with Gasteiger partial charge < -0.3 is 9.80 Å².